The fraction of sp³-hybridized carbons (Fsp3) is 0.250. The Kier molecular flexibility index (Phi) is 6.37. The van der Waals surface area contributed by atoms with E-state index in [-0.39, 0.29) is 34.0 Å². The second-order valence-corrected chi connectivity index (χ2v) is 9.08. The highest BCUT2D eigenvalue weighted by Gasteiger charge is 2.30. The van der Waals surface area contributed by atoms with E-state index >= 15 is 0 Å². The van der Waals surface area contributed by atoms with E-state index in [1.807, 2.05) is 0 Å². The summed E-state index contributed by atoms with van der Waals surface area (Å²) in [5.41, 5.74) is -0.431. The molecule has 170 valence electrons. The first kappa shape index (κ1) is 23.4. The fourth-order valence-corrected chi connectivity index (χ4v) is 3.95. The van der Waals surface area contributed by atoms with Crippen LogP contribution in [0.15, 0.2) is 57.8 Å². The summed E-state index contributed by atoms with van der Waals surface area (Å²) in [6.07, 6.45) is -4.47. The predicted octanol–water partition coefficient (Wildman–Crippen LogP) is 4.04. The van der Waals surface area contributed by atoms with Crippen LogP contribution in [0.3, 0.4) is 0 Å². The van der Waals surface area contributed by atoms with Gasteiger partial charge in [0.05, 0.1) is 10.5 Å². The summed E-state index contributed by atoms with van der Waals surface area (Å²) in [6, 6.07) is 8.90. The van der Waals surface area contributed by atoms with Crippen LogP contribution in [-0.2, 0) is 16.2 Å². The van der Waals surface area contributed by atoms with E-state index in [1.165, 1.54) is 47.8 Å². The molecule has 1 heterocycles. The van der Waals surface area contributed by atoms with Crippen molar-refractivity contribution in [3.05, 3.63) is 59.7 Å². The molecule has 12 heteroatoms. The summed E-state index contributed by atoms with van der Waals surface area (Å²) < 4.78 is 69.5. The molecular weight excluding hydrogens is 449 g/mol. The summed E-state index contributed by atoms with van der Waals surface area (Å²) in [6.45, 7) is 3.48. The highest BCUT2D eigenvalue weighted by molar-refractivity contribution is 7.89. The standard InChI is InChI=1S/C20H19F3N4O4S/c1-12(2)27(3)32(29,30)16-10-6-13(7-11-16)17(28)24-19-26-25-18(31-19)14-4-8-15(9-5-14)20(21,22)23/h4-12H,1-3H3,(H,24,26,28). The molecule has 8 nitrogen and oxygen atoms in total. The van der Waals surface area contributed by atoms with Crippen LogP contribution in [0.1, 0.15) is 29.8 Å². The molecule has 0 fully saturated rings. The average molecular weight is 468 g/mol. The smallest absolute Gasteiger partial charge is 0.403 e. The molecule has 0 saturated heterocycles. The number of benzene rings is 2. The predicted molar refractivity (Wildman–Crippen MR) is 109 cm³/mol. The molecule has 0 spiro atoms. The number of aromatic nitrogens is 2. The zero-order valence-electron chi connectivity index (χ0n) is 17.2. The Bertz CT molecular complexity index is 1200. The maximum Gasteiger partial charge on any atom is 0.416 e. The molecule has 0 saturated carbocycles. The van der Waals surface area contributed by atoms with Gasteiger partial charge in [-0.1, -0.05) is 5.10 Å². The number of nitrogens with zero attached hydrogens (tertiary/aromatic N) is 3. The van der Waals surface area contributed by atoms with Crippen LogP contribution in [0, 0.1) is 0 Å². The van der Waals surface area contributed by atoms with Crippen molar-refractivity contribution < 1.29 is 30.8 Å². The second kappa shape index (κ2) is 8.71. The Morgan fingerprint density at radius 1 is 1.03 bits per heavy atom. The molecule has 1 amide bonds. The van der Waals surface area contributed by atoms with Crippen molar-refractivity contribution >= 4 is 21.9 Å². The number of carbonyl (C=O) groups excluding carboxylic acids is 1. The molecule has 1 N–H and O–H groups in total. The second-order valence-electron chi connectivity index (χ2n) is 7.08. The molecule has 0 aliphatic heterocycles. The van der Waals surface area contributed by atoms with Gasteiger partial charge in [-0.05, 0) is 62.4 Å². The van der Waals surface area contributed by atoms with E-state index in [4.69, 9.17) is 4.42 Å². The zero-order chi connectivity index (χ0) is 23.7. The first-order valence-corrected chi connectivity index (χ1v) is 10.7. The largest absolute Gasteiger partial charge is 0.416 e. The van der Waals surface area contributed by atoms with Gasteiger partial charge < -0.3 is 4.42 Å². The van der Waals surface area contributed by atoms with Crippen LogP contribution in [0.25, 0.3) is 11.5 Å². The maximum atomic E-state index is 12.7. The number of rotatable bonds is 6. The van der Waals surface area contributed by atoms with Crippen LogP contribution in [-0.4, -0.2) is 41.9 Å². The van der Waals surface area contributed by atoms with E-state index in [9.17, 15) is 26.4 Å². The quantitative estimate of drug-likeness (QED) is 0.586. The third-order valence-electron chi connectivity index (χ3n) is 4.63. The van der Waals surface area contributed by atoms with Crippen molar-refractivity contribution in [2.45, 2.75) is 31.0 Å². The van der Waals surface area contributed by atoms with Gasteiger partial charge in [-0.2, -0.15) is 17.5 Å². The van der Waals surface area contributed by atoms with Crippen molar-refractivity contribution in [1.29, 1.82) is 0 Å². The molecular formula is C20H19F3N4O4S. The maximum absolute atomic E-state index is 12.7. The first-order chi connectivity index (χ1) is 14.9. The number of amides is 1. The van der Waals surface area contributed by atoms with Crippen LogP contribution in [0.2, 0.25) is 0 Å². The third-order valence-corrected chi connectivity index (χ3v) is 6.67. The summed E-state index contributed by atoms with van der Waals surface area (Å²) in [5.74, 6) is -0.707. The number of hydrogen-bond donors (Lipinski definition) is 1. The van der Waals surface area contributed by atoms with Crippen molar-refractivity contribution in [3.8, 4) is 11.5 Å². The molecule has 32 heavy (non-hydrogen) atoms. The van der Waals surface area contributed by atoms with Crippen LogP contribution >= 0.6 is 0 Å². The fourth-order valence-electron chi connectivity index (χ4n) is 2.58. The molecule has 3 rings (SSSR count). The third kappa shape index (κ3) is 4.97. The van der Waals surface area contributed by atoms with Crippen LogP contribution in [0.4, 0.5) is 19.2 Å². The minimum absolute atomic E-state index is 0.0348. The Hall–Kier alpha value is -3.25. The van der Waals surface area contributed by atoms with E-state index < -0.39 is 27.7 Å². The van der Waals surface area contributed by atoms with Gasteiger partial charge in [0.2, 0.25) is 15.9 Å². The average Bonchev–Trinajstić information content (AvgIpc) is 3.21. The first-order valence-electron chi connectivity index (χ1n) is 9.30. The van der Waals surface area contributed by atoms with Gasteiger partial charge in [0.1, 0.15) is 0 Å². The molecule has 0 unspecified atom stereocenters. The Balaban J connectivity index is 1.71. The molecule has 2 aromatic carbocycles. The Labute approximate surface area is 182 Å². The minimum atomic E-state index is -4.47. The van der Waals surface area contributed by atoms with Crippen molar-refractivity contribution in [1.82, 2.24) is 14.5 Å². The summed E-state index contributed by atoms with van der Waals surface area (Å²) in [5, 5.41) is 9.73. The van der Waals surface area contributed by atoms with E-state index in [0.717, 1.165) is 12.1 Å². The van der Waals surface area contributed by atoms with E-state index in [2.05, 4.69) is 15.5 Å². The Morgan fingerprint density at radius 3 is 2.16 bits per heavy atom. The number of halogens is 3. The van der Waals surface area contributed by atoms with Gasteiger partial charge in [-0.3, -0.25) is 10.1 Å². The molecule has 0 radical (unpaired) electrons. The van der Waals surface area contributed by atoms with Crippen molar-refractivity contribution in [2.75, 3.05) is 12.4 Å². The molecule has 1 aromatic heterocycles. The van der Waals surface area contributed by atoms with Gasteiger partial charge in [-0.25, -0.2) is 8.42 Å². The summed E-state index contributed by atoms with van der Waals surface area (Å²) >= 11 is 0. The van der Waals surface area contributed by atoms with Gasteiger partial charge >= 0.3 is 12.2 Å². The van der Waals surface area contributed by atoms with Gasteiger partial charge in [0.25, 0.3) is 5.91 Å². The molecule has 0 aliphatic carbocycles. The number of alkyl halides is 3. The molecule has 0 atom stereocenters. The monoisotopic (exact) mass is 468 g/mol. The normalized spacial score (nSPS) is 12.4. The lowest BCUT2D eigenvalue weighted by atomic mass is 10.1. The lowest BCUT2D eigenvalue weighted by molar-refractivity contribution is -0.137. The van der Waals surface area contributed by atoms with Crippen LogP contribution in [0.5, 0.6) is 0 Å². The van der Waals surface area contributed by atoms with Gasteiger partial charge in [0.15, 0.2) is 0 Å². The molecule has 0 bridgehead atoms. The number of sulfonamides is 1. The number of carbonyl (C=O) groups is 1. The minimum Gasteiger partial charge on any atom is -0.403 e. The number of hydrogen-bond acceptors (Lipinski definition) is 6. The van der Waals surface area contributed by atoms with Gasteiger partial charge in [0, 0.05) is 24.2 Å². The highest BCUT2D eigenvalue weighted by atomic mass is 32.2. The lowest BCUT2D eigenvalue weighted by Gasteiger charge is -2.20. The SMILES string of the molecule is CC(C)N(C)S(=O)(=O)c1ccc(C(=O)Nc2nnc(-c3ccc(C(F)(F)F)cc3)o2)cc1. The highest BCUT2D eigenvalue weighted by Crippen LogP contribution is 2.31. The lowest BCUT2D eigenvalue weighted by Crippen LogP contribution is -2.33. The summed E-state index contributed by atoms with van der Waals surface area (Å²) in [7, 11) is -2.23. The summed E-state index contributed by atoms with van der Waals surface area (Å²) in [4.78, 5) is 12.4. The number of anilines is 1. The zero-order valence-corrected chi connectivity index (χ0v) is 18.0. The van der Waals surface area contributed by atoms with E-state index in [1.54, 1.807) is 13.8 Å². The Morgan fingerprint density at radius 2 is 1.62 bits per heavy atom. The topological polar surface area (TPSA) is 105 Å². The van der Waals surface area contributed by atoms with E-state index in [0.29, 0.717) is 0 Å². The van der Waals surface area contributed by atoms with Crippen molar-refractivity contribution in [3.63, 3.8) is 0 Å². The molecule has 0 aliphatic rings. The van der Waals surface area contributed by atoms with Crippen molar-refractivity contribution in [2.24, 2.45) is 0 Å². The molecule has 3 aromatic rings. The van der Waals surface area contributed by atoms with Gasteiger partial charge in [-0.15, -0.1) is 5.10 Å². The number of nitrogens with one attached hydrogen (secondary N) is 1. The van der Waals surface area contributed by atoms with Crippen LogP contribution < -0.4 is 5.32 Å².